The topological polar surface area (TPSA) is 101 Å². The van der Waals surface area contributed by atoms with E-state index in [1.165, 1.54) is 11.3 Å². The maximum Gasteiger partial charge on any atom is 0.270 e. The van der Waals surface area contributed by atoms with E-state index in [1.54, 1.807) is 0 Å². The van der Waals surface area contributed by atoms with Gasteiger partial charge >= 0.3 is 0 Å². The Morgan fingerprint density at radius 2 is 2.14 bits per heavy atom. The van der Waals surface area contributed by atoms with Crippen molar-refractivity contribution < 1.29 is 14.7 Å². The molecule has 0 radical (unpaired) electrons. The SMILES string of the molecule is O=C(c1cc2ccccc2[nH]1)N1CCc2nc(NCC3(C(=O)[O-])CCC3)sc2C1. The fourth-order valence-corrected chi connectivity index (χ4v) is 5.12. The largest absolute Gasteiger partial charge is 0.549 e. The number of rotatable bonds is 5. The summed E-state index contributed by atoms with van der Waals surface area (Å²) in [4.78, 5) is 35.1. The highest BCUT2D eigenvalue weighted by Crippen LogP contribution is 2.41. The van der Waals surface area contributed by atoms with Crippen LogP contribution in [0, 0.1) is 5.41 Å². The summed E-state index contributed by atoms with van der Waals surface area (Å²) >= 11 is 1.50. The lowest BCUT2D eigenvalue weighted by molar-refractivity contribution is -0.322. The number of carboxylic acid groups (broad SMARTS) is 1. The number of carbonyl (C=O) groups is 2. The summed E-state index contributed by atoms with van der Waals surface area (Å²) in [5, 5.41) is 16.4. The van der Waals surface area contributed by atoms with E-state index in [1.807, 2.05) is 35.2 Å². The van der Waals surface area contributed by atoms with Crippen LogP contribution in [0.5, 0.6) is 0 Å². The minimum Gasteiger partial charge on any atom is -0.549 e. The zero-order valence-corrected chi connectivity index (χ0v) is 16.7. The summed E-state index contributed by atoms with van der Waals surface area (Å²) in [6.45, 7) is 1.49. The molecule has 5 rings (SSSR count). The maximum atomic E-state index is 13.0. The highest BCUT2D eigenvalue weighted by molar-refractivity contribution is 7.15. The maximum absolute atomic E-state index is 13.0. The first-order chi connectivity index (χ1) is 14.0. The van der Waals surface area contributed by atoms with E-state index >= 15 is 0 Å². The monoisotopic (exact) mass is 409 g/mol. The van der Waals surface area contributed by atoms with Crippen LogP contribution in [0.15, 0.2) is 30.3 Å². The Kier molecular flexibility index (Phi) is 4.31. The Bertz CT molecular complexity index is 1070. The minimum absolute atomic E-state index is 0.0138. The molecule has 150 valence electrons. The molecule has 0 bridgehead atoms. The number of nitrogens with one attached hydrogen (secondary N) is 2. The molecule has 1 amide bonds. The molecular formula is C21H21N4O3S-. The summed E-state index contributed by atoms with van der Waals surface area (Å²) in [6.07, 6.45) is 2.93. The Hall–Kier alpha value is -2.87. The molecule has 2 aromatic heterocycles. The lowest BCUT2D eigenvalue weighted by Gasteiger charge is -2.42. The van der Waals surface area contributed by atoms with E-state index in [9.17, 15) is 14.7 Å². The zero-order valence-electron chi connectivity index (χ0n) is 15.9. The second kappa shape index (κ2) is 6.88. The molecule has 1 aliphatic carbocycles. The van der Waals surface area contributed by atoms with Gasteiger partial charge in [-0.3, -0.25) is 4.79 Å². The summed E-state index contributed by atoms with van der Waals surface area (Å²) in [6, 6.07) is 9.74. The van der Waals surface area contributed by atoms with Gasteiger partial charge in [0.05, 0.1) is 12.2 Å². The fraction of sp³-hybridized carbons (Fsp3) is 0.381. The first-order valence-electron chi connectivity index (χ1n) is 9.85. The van der Waals surface area contributed by atoms with Crippen LogP contribution >= 0.6 is 11.3 Å². The molecule has 0 spiro atoms. The fourth-order valence-electron chi connectivity index (χ4n) is 4.10. The number of carboxylic acids is 1. The highest BCUT2D eigenvalue weighted by Gasteiger charge is 2.38. The standard InChI is InChI=1S/C21H22N4O3S/c26-18(16-10-13-4-1-2-5-14(13)23-16)25-9-6-15-17(11-25)29-20(24-15)22-12-21(19(27)28)7-3-8-21/h1-2,4-5,10,23H,3,6-9,11-12H2,(H,22,24)(H,27,28)/p-1. The van der Waals surface area contributed by atoms with Gasteiger partial charge in [0.1, 0.15) is 5.69 Å². The molecule has 8 heteroatoms. The average Bonchev–Trinajstić information content (AvgIpc) is 3.29. The number of para-hydroxylation sites is 1. The normalized spacial score (nSPS) is 17.6. The Labute approximate surface area is 171 Å². The van der Waals surface area contributed by atoms with Crippen LogP contribution in [-0.2, 0) is 17.8 Å². The molecule has 29 heavy (non-hydrogen) atoms. The zero-order chi connectivity index (χ0) is 20.0. The number of anilines is 1. The van der Waals surface area contributed by atoms with Crippen molar-refractivity contribution in [3.05, 3.63) is 46.6 Å². The van der Waals surface area contributed by atoms with Crippen molar-refractivity contribution in [2.24, 2.45) is 5.41 Å². The number of nitrogens with zero attached hydrogens (tertiary/aromatic N) is 2. The van der Waals surface area contributed by atoms with Gasteiger partial charge in [-0.1, -0.05) is 36.0 Å². The van der Waals surface area contributed by atoms with Gasteiger partial charge in [-0.05, 0) is 25.0 Å². The van der Waals surface area contributed by atoms with Gasteiger partial charge in [0.2, 0.25) is 0 Å². The number of aliphatic carboxylic acids is 1. The van der Waals surface area contributed by atoms with Crippen molar-refractivity contribution in [2.45, 2.75) is 32.2 Å². The third-order valence-electron chi connectivity index (χ3n) is 6.10. The van der Waals surface area contributed by atoms with Crippen molar-refractivity contribution in [3.63, 3.8) is 0 Å². The predicted molar refractivity (Wildman–Crippen MR) is 109 cm³/mol. The quantitative estimate of drug-likeness (QED) is 0.672. The molecule has 3 aromatic rings. The van der Waals surface area contributed by atoms with E-state index in [-0.39, 0.29) is 5.91 Å². The number of H-pyrrole nitrogens is 1. The van der Waals surface area contributed by atoms with Crippen LogP contribution < -0.4 is 10.4 Å². The van der Waals surface area contributed by atoms with Crippen molar-refractivity contribution in [3.8, 4) is 0 Å². The highest BCUT2D eigenvalue weighted by atomic mass is 32.1. The molecule has 1 aliphatic heterocycles. The van der Waals surface area contributed by atoms with Gasteiger partial charge in [0.25, 0.3) is 5.91 Å². The molecule has 0 saturated heterocycles. The lowest BCUT2D eigenvalue weighted by atomic mass is 9.69. The van der Waals surface area contributed by atoms with Crippen LogP contribution in [0.1, 0.15) is 40.3 Å². The van der Waals surface area contributed by atoms with Crippen LogP contribution in [-0.4, -0.2) is 39.8 Å². The van der Waals surface area contributed by atoms with Gasteiger partial charge in [0.15, 0.2) is 5.13 Å². The summed E-state index contributed by atoms with van der Waals surface area (Å²) < 4.78 is 0. The third kappa shape index (κ3) is 3.17. The van der Waals surface area contributed by atoms with E-state index in [0.717, 1.165) is 33.0 Å². The first-order valence-corrected chi connectivity index (χ1v) is 10.7. The number of hydrogen-bond acceptors (Lipinski definition) is 6. The molecule has 0 unspecified atom stereocenters. The van der Waals surface area contributed by atoms with E-state index in [0.29, 0.717) is 44.6 Å². The van der Waals surface area contributed by atoms with Gasteiger partial charge in [0, 0.05) is 46.7 Å². The van der Waals surface area contributed by atoms with Crippen LogP contribution in [0.3, 0.4) is 0 Å². The lowest BCUT2D eigenvalue weighted by Crippen LogP contribution is -2.51. The number of hydrogen-bond donors (Lipinski definition) is 2. The summed E-state index contributed by atoms with van der Waals surface area (Å²) in [5.41, 5.74) is 1.78. The van der Waals surface area contributed by atoms with Gasteiger partial charge < -0.3 is 25.1 Å². The number of carbonyl (C=O) groups excluding carboxylic acids is 2. The predicted octanol–water partition coefficient (Wildman–Crippen LogP) is 2.16. The third-order valence-corrected chi connectivity index (χ3v) is 7.14. The number of aromatic nitrogens is 2. The second-order valence-corrected chi connectivity index (χ2v) is 8.99. The van der Waals surface area contributed by atoms with Gasteiger partial charge in [-0.2, -0.15) is 0 Å². The Morgan fingerprint density at radius 3 is 2.86 bits per heavy atom. The Morgan fingerprint density at radius 1 is 1.31 bits per heavy atom. The van der Waals surface area contributed by atoms with Crippen molar-refractivity contribution in [2.75, 3.05) is 18.4 Å². The second-order valence-electron chi connectivity index (χ2n) is 7.91. The molecule has 0 atom stereocenters. The van der Waals surface area contributed by atoms with Crippen molar-refractivity contribution in [1.82, 2.24) is 14.9 Å². The number of benzene rings is 1. The van der Waals surface area contributed by atoms with Gasteiger partial charge in [-0.25, -0.2) is 4.98 Å². The minimum atomic E-state index is -0.979. The molecule has 2 N–H and O–H groups in total. The van der Waals surface area contributed by atoms with Crippen LogP contribution in [0.2, 0.25) is 0 Å². The van der Waals surface area contributed by atoms with E-state index in [4.69, 9.17) is 0 Å². The smallest absolute Gasteiger partial charge is 0.270 e. The van der Waals surface area contributed by atoms with Crippen LogP contribution in [0.25, 0.3) is 10.9 Å². The molecule has 1 aromatic carbocycles. The average molecular weight is 409 g/mol. The summed E-state index contributed by atoms with van der Waals surface area (Å²) in [7, 11) is 0. The molecule has 3 heterocycles. The molecule has 7 nitrogen and oxygen atoms in total. The van der Waals surface area contributed by atoms with E-state index < -0.39 is 11.4 Å². The first kappa shape index (κ1) is 18.2. The van der Waals surface area contributed by atoms with Crippen molar-refractivity contribution in [1.29, 1.82) is 0 Å². The van der Waals surface area contributed by atoms with E-state index in [2.05, 4.69) is 15.3 Å². The molecule has 2 aliphatic rings. The number of aromatic amines is 1. The molecule has 1 saturated carbocycles. The van der Waals surface area contributed by atoms with Gasteiger partial charge in [-0.15, -0.1) is 0 Å². The molecular weight excluding hydrogens is 388 g/mol. The Balaban J connectivity index is 1.28. The number of fused-ring (bicyclic) bond motifs is 2. The van der Waals surface area contributed by atoms with Crippen LogP contribution in [0.4, 0.5) is 5.13 Å². The number of thiazole rings is 1. The number of amides is 1. The van der Waals surface area contributed by atoms with Crippen molar-refractivity contribution >= 4 is 39.2 Å². The summed E-state index contributed by atoms with van der Waals surface area (Å²) in [5.74, 6) is -0.993. The molecule has 1 fully saturated rings.